The van der Waals surface area contributed by atoms with E-state index in [1.807, 2.05) is 0 Å². The number of piperidine rings is 1. The van der Waals surface area contributed by atoms with Crippen molar-refractivity contribution in [1.29, 1.82) is 0 Å². The van der Waals surface area contributed by atoms with Gasteiger partial charge in [0.1, 0.15) is 0 Å². The van der Waals surface area contributed by atoms with Crippen molar-refractivity contribution in [3.8, 4) is 0 Å². The highest BCUT2D eigenvalue weighted by molar-refractivity contribution is 5.85. The molecule has 3 nitrogen and oxygen atoms in total. The first-order chi connectivity index (χ1) is 7.83. The van der Waals surface area contributed by atoms with Crippen LogP contribution >= 0.6 is 12.4 Å². The zero-order chi connectivity index (χ0) is 11.0. The molecule has 1 saturated carbocycles. The molecule has 3 unspecified atom stereocenters. The Kier molecular flexibility index (Phi) is 4.31. The van der Waals surface area contributed by atoms with Gasteiger partial charge in [-0.1, -0.05) is 0 Å². The molecule has 1 aliphatic carbocycles. The van der Waals surface area contributed by atoms with E-state index in [0.29, 0.717) is 11.9 Å². The van der Waals surface area contributed by atoms with Crippen LogP contribution in [0.15, 0.2) is 0 Å². The van der Waals surface area contributed by atoms with Crippen molar-refractivity contribution in [3.63, 3.8) is 0 Å². The first-order valence-corrected chi connectivity index (χ1v) is 6.83. The summed E-state index contributed by atoms with van der Waals surface area (Å²) in [6.45, 7) is 3.33. The van der Waals surface area contributed by atoms with Crippen molar-refractivity contribution in [3.05, 3.63) is 0 Å². The molecule has 17 heavy (non-hydrogen) atoms. The summed E-state index contributed by atoms with van der Waals surface area (Å²) < 4.78 is 0. The minimum absolute atomic E-state index is 0. The van der Waals surface area contributed by atoms with E-state index in [9.17, 15) is 4.79 Å². The molecule has 2 bridgehead atoms. The molecule has 0 aromatic heterocycles. The number of rotatable bonds is 3. The molecule has 3 fully saturated rings. The van der Waals surface area contributed by atoms with Gasteiger partial charge >= 0.3 is 0 Å². The number of halogens is 1. The van der Waals surface area contributed by atoms with Gasteiger partial charge in [0, 0.05) is 19.0 Å². The normalized spacial score (nSPS) is 35.1. The summed E-state index contributed by atoms with van der Waals surface area (Å²) in [7, 11) is 0. The SMILES string of the molecule is Cl.O=C(CCC1CCNC1)N1CC2CCC1C2. The predicted molar refractivity (Wildman–Crippen MR) is 70.3 cm³/mol. The van der Waals surface area contributed by atoms with Crippen LogP contribution in [0.4, 0.5) is 0 Å². The summed E-state index contributed by atoms with van der Waals surface area (Å²) in [5.74, 6) is 2.02. The Labute approximate surface area is 110 Å². The zero-order valence-corrected chi connectivity index (χ0v) is 11.2. The number of fused-ring (bicyclic) bond motifs is 2. The van der Waals surface area contributed by atoms with E-state index in [1.165, 1.54) is 25.7 Å². The Bertz CT molecular complexity index is 279. The molecular formula is C13H23ClN2O. The molecule has 98 valence electrons. The maximum atomic E-state index is 12.1. The van der Waals surface area contributed by atoms with Gasteiger partial charge in [0.25, 0.3) is 0 Å². The van der Waals surface area contributed by atoms with E-state index in [4.69, 9.17) is 0 Å². The van der Waals surface area contributed by atoms with Crippen molar-refractivity contribution in [2.75, 3.05) is 19.6 Å². The highest BCUT2D eigenvalue weighted by atomic mass is 35.5. The summed E-state index contributed by atoms with van der Waals surface area (Å²) in [6.07, 6.45) is 7.06. The van der Waals surface area contributed by atoms with Crippen LogP contribution in [0, 0.1) is 11.8 Å². The van der Waals surface area contributed by atoms with Crippen LogP contribution in [-0.2, 0) is 4.79 Å². The van der Waals surface area contributed by atoms with Crippen molar-refractivity contribution in [2.45, 2.75) is 44.6 Å². The zero-order valence-electron chi connectivity index (χ0n) is 10.4. The van der Waals surface area contributed by atoms with Crippen LogP contribution in [0.3, 0.4) is 0 Å². The van der Waals surface area contributed by atoms with E-state index in [1.54, 1.807) is 0 Å². The fraction of sp³-hybridized carbons (Fsp3) is 0.923. The van der Waals surface area contributed by atoms with E-state index >= 15 is 0 Å². The first kappa shape index (κ1) is 13.2. The number of hydrogen-bond donors (Lipinski definition) is 1. The molecule has 0 spiro atoms. The number of nitrogens with zero attached hydrogens (tertiary/aromatic N) is 1. The van der Waals surface area contributed by atoms with Gasteiger partial charge in [-0.2, -0.15) is 0 Å². The summed E-state index contributed by atoms with van der Waals surface area (Å²) in [5.41, 5.74) is 0. The number of carbonyl (C=O) groups is 1. The largest absolute Gasteiger partial charge is 0.339 e. The summed E-state index contributed by atoms with van der Waals surface area (Å²) in [4.78, 5) is 14.3. The molecule has 3 rings (SSSR count). The third kappa shape index (κ3) is 2.76. The molecule has 2 saturated heterocycles. The first-order valence-electron chi connectivity index (χ1n) is 6.83. The topological polar surface area (TPSA) is 32.3 Å². The van der Waals surface area contributed by atoms with Gasteiger partial charge in [0.2, 0.25) is 5.91 Å². The number of hydrogen-bond acceptors (Lipinski definition) is 2. The lowest BCUT2D eigenvalue weighted by Crippen LogP contribution is -2.37. The summed E-state index contributed by atoms with van der Waals surface area (Å²) >= 11 is 0. The Morgan fingerprint density at radius 3 is 2.76 bits per heavy atom. The number of likely N-dealkylation sites (tertiary alicyclic amines) is 1. The number of amides is 1. The van der Waals surface area contributed by atoms with E-state index in [2.05, 4.69) is 10.2 Å². The minimum Gasteiger partial charge on any atom is -0.339 e. The van der Waals surface area contributed by atoms with E-state index < -0.39 is 0 Å². The Morgan fingerprint density at radius 1 is 1.29 bits per heavy atom. The smallest absolute Gasteiger partial charge is 0.222 e. The van der Waals surface area contributed by atoms with Crippen LogP contribution in [0.5, 0.6) is 0 Å². The summed E-state index contributed by atoms with van der Waals surface area (Å²) in [6, 6.07) is 0.610. The standard InChI is InChI=1S/C13H22N2O.ClH/c16-13(4-2-10-5-6-14-8-10)15-9-11-1-3-12(15)7-11;/h10-12,14H,1-9H2;1H. The maximum Gasteiger partial charge on any atom is 0.222 e. The average Bonchev–Trinajstić information content (AvgIpc) is 3.01. The lowest BCUT2D eigenvalue weighted by Gasteiger charge is -2.27. The molecular weight excluding hydrogens is 236 g/mol. The monoisotopic (exact) mass is 258 g/mol. The molecule has 1 N–H and O–H groups in total. The summed E-state index contributed by atoms with van der Waals surface area (Å²) in [5, 5.41) is 3.37. The quantitative estimate of drug-likeness (QED) is 0.838. The Balaban J connectivity index is 0.00000108. The molecule has 2 aliphatic heterocycles. The van der Waals surface area contributed by atoms with Crippen molar-refractivity contribution in [1.82, 2.24) is 10.2 Å². The second-order valence-electron chi connectivity index (χ2n) is 5.78. The van der Waals surface area contributed by atoms with Crippen LogP contribution in [0.1, 0.15) is 38.5 Å². The molecule has 3 aliphatic rings. The number of nitrogens with one attached hydrogen (secondary N) is 1. The Hall–Kier alpha value is -0.280. The highest BCUT2D eigenvalue weighted by Crippen LogP contribution is 2.37. The second kappa shape index (κ2) is 5.57. The fourth-order valence-corrected chi connectivity index (χ4v) is 3.66. The van der Waals surface area contributed by atoms with Gasteiger partial charge < -0.3 is 10.2 Å². The molecule has 4 heteroatoms. The second-order valence-corrected chi connectivity index (χ2v) is 5.78. The van der Waals surface area contributed by atoms with Gasteiger partial charge in [-0.25, -0.2) is 0 Å². The third-order valence-electron chi connectivity index (χ3n) is 4.66. The molecule has 1 amide bonds. The van der Waals surface area contributed by atoms with Crippen molar-refractivity contribution >= 4 is 18.3 Å². The van der Waals surface area contributed by atoms with Crippen LogP contribution < -0.4 is 5.32 Å². The van der Waals surface area contributed by atoms with Crippen LogP contribution in [-0.4, -0.2) is 36.5 Å². The molecule has 2 heterocycles. The predicted octanol–water partition coefficient (Wildman–Crippen LogP) is 1.81. The highest BCUT2D eigenvalue weighted by Gasteiger charge is 2.39. The van der Waals surface area contributed by atoms with Crippen molar-refractivity contribution < 1.29 is 4.79 Å². The van der Waals surface area contributed by atoms with Gasteiger partial charge in [0.05, 0.1) is 0 Å². The lowest BCUT2D eigenvalue weighted by molar-refractivity contribution is -0.133. The third-order valence-corrected chi connectivity index (χ3v) is 4.66. The average molecular weight is 259 g/mol. The minimum atomic E-state index is 0. The number of carbonyl (C=O) groups excluding carboxylic acids is 1. The van der Waals surface area contributed by atoms with Gasteiger partial charge in [-0.3, -0.25) is 4.79 Å². The molecule has 0 aromatic rings. The van der Waals surface area contributed by atoms with E-state index in [-0.39, 0.29) is 12.4 Å². The molecule has 3 atom stereocenters. The molecule has 0 aromatic carbocycles. The van der Waals surface area contributed by atoms with E-state index in [0.717, 1.165) is 44.3 Å². The lowest BCUT2D eigenvalue weighted by atomic mass is 10.0. The van der Waals surface area contributed by atoms with Gasteiger partial charge in [0.15, 0.2) is 0 Å². The fourth-order valence-electron chi connectivity index (χ4n) is 3.66. The van der Waals surface area contributed by atoms with Crippen LogP contribution in [0.2, 0.25) is 0 Å². The van der Waals surface area contributed by atoms with Crippen molar-refractivity contribution in [2.24, 2.45) is 11.8 Å². The van der Waals surface area contributed by atoms with Gasteiger partial charge in [-0.15, -0.1) is 12.4 Å². The maximum absolute atomic E-state index is 12.1. The Morgan fingerprint density at radius 2 is 2.18 bits per heavy atom. The van der Waals surface area contributed by atoms with Crippen LogP contribution in [0.25, 0.3) is 0 Å². The van der Waals surface area contributed by atoms with Gasteiger partial charge in [-0.05, 0) is 57.0 Å². The molecule has 0 radical (unpaired) electrons.